The number of amides is 1. The Labute approximate surface area is 257 Å². The average Bonchev–Trinajstić information content (AvgIpc) is 3.23. The Balaban J connectivity index is 1.44. The summed E-state index contributed by atoms with van der Waals surface area (Å²) in [6.07, 6.45) is 7.37. The number of aliphatic carboxylic acids is 1. The van der Waals surface area contributed by atoms with Gasteiger partial charge in [0.05, 0.1) is 17.3 Å². The first-order valence-corrected chi connectivity index (χ1v) is 16.6. The van der Waals surface area contributed by atoms with Gasteiger partial charge in [0, 0.05) is 6.42 Å². The summed E-state index contributed by atoms with van der Waals surface area (Å²) in [4.78, 5) is 51.3. The van der Waals surface area contributed by atoms with Gasteiger partial charge < -0.3 is 9.84 Å². The predicted octanol–water partition coefficient (Wildman–Crippen LogP) is 5.98. The number of carboxylic acids is 1. The number of rotatable bonds is 6. The van der Waals surface area contributed by atoms with Gasteiger partial charge in [-0.2, -0.15) is 0 Å². The van der Waals surface area contributed by atoms with Gasteiger partial charge >= 0.3 is 11.9 Å². The first kappa shape index (κ1) is 32.2. The second-order valence-electron chi connectivity index (χ2n) is 16.6. The molecule has 0 aliphatic heterocycles. The minimum absolute atomic E-state index is 0.0436. The van der Waals surface area contributed by atoms with Gasteiger partial charge in [0.2, 0.25) is 5.91 Å². The highest BCUT2D eigenvalue weighted by molar-refractivity contribution is 6.06. The van der Waals surface area contributed by atoms with E-state index in [1.165, 1.54) is 0 Å². The molecule has 9 atom stereocenters. The molecule has 0 aromatic heterocycles. The third-order valence-corrected chi connectivity index (χ3v) is 14.0. The van der Waals surface area contributed by atoms with Crippen LogP contribution in [-0.4, -0.2) is 34.8 Å². The molecule has 1 amide bonds. The smallest absolute Gasteiger partial charge is 0.309 e. The largest absolute Gasteiger partial charge is 0.481 e. The number of hydrogen-bond acceptors (Lipinski definition) is 6. The number of fused-ring (bicyclic) bond motifs is 7. The van der Waals surface area contributed by atoms with Crippen LogP contribution in [0.25, 0.3) is 0 Å². The van der Waals surface area contributed by atoms with Crippen LogP contribution >= 0.6 is 0 Å². The number of allylic oxidation sites excluding steroid dienone is 1. The number of Topliss-reactive ketones (excluding diaryl/α,β-unsaturated/α-hetero) is 1. The van der Waals surface area contributed by atoms with Gasteiger partial charge in [-0.15, -0.1) is 0 Å². The molecule has 0 aromatic carbocycles. The SMILES string of the molecule is CC(C)C1=C2C3CCC4C5(C)CCC(OC(=O)CC(C)(C)C(=O)O)C(C)C5CCC4(C)C3(C)CCC2(C(=O)NN)CC1=O. The monoisotopic (exact) mass is 598 g/mol. The Morgan fingerprint density at radius 3 is 2.30 bits per heavy atom. The van der Waals surface area contributed by atoms with Crippen molar-refractivity contribution in [3.63, 3.8) is 0 Å². The molecule has 0 radical (unpaired) electrons. The van der Waals surface area contributed by atoms with Crippen LogP contribution in [0.2, 0.25) is 0 Å². The first-order valence-electron chi connectivity index (χ1n) is 16.6. The molecule has 8 nitrogen and oxygen atoms in total. The van der Waals surface area contributed by atoms with Crippen molar-refractivity contribution in [1.82, 2.24) is 5.43 Å². The van der Waals surface area contributed by atoms with Gasteiger partial charge in [-0.25, -0.2) is 5.84 Å². The lowest BCUT2D eigenvalue weighted by molar-refractivity contribution is -0.215. The third-order valence-electron chi connectivity index (χ3n) is 14.0. The minimum Gasteiger partial charge on any atom is -0.481 e. The Morgan fingerprint density at radius 1 is 1.02 bits per heavy atom. The number of ether oxygens (including phenoxy) is 1. The van der Waals surface area contributed by atoms with Crippen LogP contribution < -0.4 is 11.3 Å². The topological polar surface area (TPSA) is 136 Å². The van der Waals surface area contributed by atoms with E-state index in [2.05, 4.69) is 47.0 Å². The van der Waals surface area contributed by atoms with Crippen molar-refractivity contribution in [2.24, 2.45) is 62.5 Å². The lowest BCUT2D eigenvalue weighted by Gasteiger charge is -2.71. The molecule has 4 N–H and O–H groups in total. The Kier molecular flexibility index (Phi) is 7.80. The van der Waals surface area contributed by atoms with E-state index in [1.807, 2.05) is 0 Å². The van der Waals surface area contributed by atoms with Crippen LogP contribution in [0, 0.1) is 56.7 Å². The maximum atomic E-state index is 13.5. The van der Waals surface area contributed by atoms with Crippen LogP contribution in [0.15, 0.2) is 11.1 Å². The summed E-state index contributed by atoms with van der Waals surface area (Å²) in [5, 5.41) is 9.48. The highest BCUT2D eigenvalue weighted by Crippen LogP contribution is 2.75. The Bertz CT molecular complexity index is 1250. The number of ketones is 1. The van der Waals surface area contributed by atoms with Gasteiger partial charge in [0.15, 0.2) is 5.78 Å². The number of carbonyl (C=O) groups is 4. The van der Waals surface area contributed by atoms with Gasteiger partial charge in [-0.1, -0.05) is 41.5 Å². The van der Waals surface area contributed by atoms with Crippen molar-refractivity contribution >= 4 is 23.6 Å². The molecule has 43 heavy (non-hydrogen) atoms. The molecule has 5 aliphatic rings. The summed E-state index contributed by atoms with van der Waals surface area (Å²) in [6.45, 7) is 16.9. The summed E-state index contributed by atoms with van der Waals surface area (Å²) < 4.78 is 6.00. The van der Waals surface area contributed by atoms with E-state index in [0.29, 0.717) is 18.3 Å². The fraction of sp³-hybridized carbons (Fsp3) is 0.829. The second-order valence-corrected chi connectivity index (χ2v) is 16.6. The number of carboxylic acid groups (broad SMARTS) is 1. The molecule has 8 heteroatoms. The van der Waals surface area contributed by atoms with E-state index in [1.54, 1.807) is 13.8 Å². The molecule has 0 saturated heterocycles. The van der Waals surface area contributed by atoms with E-state index in [0.717, 1.165) is 56.1 Å². The molecule has 4 saturated carbocycles. The maximum Gasteiger partial charge on any atom is 0.309 e. The molecular weight excluding hydrogens is 544 g/mol. The molecule has 0 spiro atoms. The van der Waals surface area contributed by atoms with E-state index >= 15 is 0 Å². The number of nitrogens with one attached hydrogen (secondary N) is 1. The number of carbonyl (C=O) groups excluding carboxylic acids is 3. The summed E-state index contributed by atoms with van der Waals surface area (Å²) in [7, 11) is 0. The molecule has 9 unspecified atom stereocenters. The molecular formula is C35H54N2O6. The highest BCUT2D eigenvalue weighted by Gasteiger charge is 2.70. The number of hydrazine groups is 1. The third kappa shape index (κ3) is 4.46. The molecule has 0 aromatic rings. The molecule has 0 bridgehead atoms. The Morgan fingerprint density at radius 2 is 1.70 bits per heavy atom. The Hall–Kier alpha value is -2.22. The molecule has 5 rings (SSSR count). The summed E-state index contributed by atoms with van der Waals surface area (Å²) >= 11 is 0. The van der Waals surface area contributed by atoms with Crippen LogP contribution in [0.1, 0.15) is 120 Å². The molecule has 4 fully saturated rings. The van der Waals surface area contributed by atoms with Gasteiger partial charge in [-0.05, 0) is 122 Å². The number of esters is 1. The molecule has 5 aliphatic carbocycles. The van der Waals surface area contributed by atoms with Gasteiger partial charge in [0.25, 0.3) is 0 Å². The van der Waals surface area contributed by atoms with Crippen molar-refractivity contribution in [3.05, 3.63) is 11.1 Å². The maximum absolute atomic E-state index is 13.5. The van der Waals surface area contributed by atoms with Gasteiger partial charge in [-0.3, -0.25) is 24.6 Å². The minimum atomic E-state index is -1.15. The summed E-state index contributed by atoms with van der Waals surface area (Å²) in [5.74, 6) is 5.59. The van der Waals surface area contributed by atoms with E-state index in [-0.39, 0.29) is 64.6 Å². The normalized spacial score (nSPS) is 42.5. The van der Waals surface area contributed by atoms with Crippen molar-refractivity contribution in [1.29, 1.82) is 0 Å². The molecule has 0 heterocycles. The van der Waals surface area contributed by atoms with Crippen LogP contribution in [0.4, 0.5) is 0 Å². The standard InChI is InChI=1S/C35H54N2O6/c1-19(2)27-23(38)17-35(29(40)37-36)16-15-33(7)22(28(27)35)9-10-25-32(6)13-12-24(20(3)21(32)11-14-34(25,33)8)43-26(39)18-31(4,5)30(41)42/h19-22,24-25H,9-18,36H2,1-8H3,(H,37,40)(H,41,42). The fourth-order valence-electron chi connectivity index (χ4n) is 11.4. The van der Waals surface area contributed by atoms with Crippen molar-refractivity contribution in [2.45, 2.75) is 126 Å². The lowest BCUT2D eigenvalue weighted by atomic mass is 9.34. The zero-order valence-corrected chi connectivity index (χ0v) is 27.6. The quantitative estimate of drug-likeness (QED) is 0.148. The number of hydrogen-bond donors (Lipinski definition) is 3. The lowest BCUT2D eigenvalue weighted by Crippen LogP contribution is -2.65. The fourth-order valence-corrected chi connectivity index (χ4v) is 11.4. The van der Waals surface area contributed by atoms with Crippen LogP contribution in [0.3, 0.4) is 0 Å². The molecule has 240 valence electrons. The van der Waals surface area contributed by atoms with E-state index in [9.17, 15) is 24.3 Å². The van der Waals surface area contributed by atoms with Crippen molar-refractivity contribution in [2.75, 3.05) is 0 Å². The van der Waals surface area contributed by atoms with Gasteiger partial charge in [0.1, 0.15) is 6.10 Å². The van der Waals surface area contributed by atoms with E-state index < -0.39 is 22.8 Å². The van der Waals surface area contributed by atoms with Crippen LogP contribution in [0.5, 0.6) is 0 Å². The average molecular weight is 599 g/mol. The zero-order chi connectivity index (χ0) is 31.9. The van der Waals surface area contributed by atoms with Crippen molar-refractivity contribution in [3.8, 4) is 0 Å². The van der Waals surface area contributed by atoms with E-state index in [4.69, 9.17) is 10.6 Å². The predicted molar refractivity (Wildman–Crippen MR) is 163 cm³/mol. The van der Waals surface area contributed by atoms with Crippen molar-refractivity contribution < 1.29 is 29.0 Å². The first-order chi connectivity index (χ1) is 19.9. The zero-order valence-electron chi connectivity index (χ0n) is 27.6. The summed E-state index contributed by atoms with van der Waals surface area (Å²) in [5.41, 5.74) is 2.55. The van der Waals surface area contributed by atoms with Crippen LogP contribution in [-0.2, 0) is 23.9 Å². The highest BCUT2D eigenvalue weighted by atomic mass is 16.5. The second kappa shape index (κ2) is 10.4. The summed E-state index contributed by atoms with van der Waals surface area (Å²) in [6, 6.07) is 0. The number of nitrogens with two attached hydrogens (primary N) is 1.